The molecule has 2 atom stereocenters. The van der Waals surface area contributed by atoms with Gasteiger partial charge in [-0.05, 0) is 51.0 Å². The lowest BCUT2D eigenvalue weighted by molar-refractivity contribution is 0.450. The second-order valence-corrected chi connectivity index (χ2v) is 9.02. The van der Waals surface area contributed by atoms with Gasteiger partial charge < -0.3 is 5.11 Å². The van der Waals surface area contributed by atoms with Crippen molar-refractivity contribution in [1.29, 1.82) is 0 Å². The summed E-state index contributed by atoms with van der Waals surface area (Å²) in [5.41, 5.74) is 1.42. The first-order valence-electron chi connectivity index (χ1n) is 7.31. The second kappa shape index (κ2) is 5.40. The fourth-order valence-corrected chi connectivity index (χ4v) is 4.07. The molecular weight excluding hydrogens is 272 g/mol. The van der Waals surface area contributed by atoms with E-state index in [1.165, 1.54) is 12.8 Å². The zero-order chi connectivity index (χ0) is 15.1. The summed E-state index contributed by atoms with van der Waals surface area (Å²) in [7, 11) is -3.26. The Kier molecular flexibility index (Phi) is 4.14. The van der Waals surface area contributed by atoms with Gasteiger partial charge in [-0.15, -0.1) is 0 Å². The quantitative estimate of drug-likeness (QED) is 0.899. The minimum absolute atomic E-state index is 0.170. The van der Waals surface area contributed by atoms with E-state index in [0.29, 0.717) is 17.4 Å². The molecule has 0 spiro atoms. The van der Waals surface area contributed by atoms with E-state index in [0.717, 1.165) is 5.56 Å². The number of hydrogen-bond donors (Lipinski definition) is 1. The Hall–Kier alpha value is -1.03. The molecule has 0 unspecified atom stereocenters. The molecule has 0 saturated heterocycles. The maximum absolute atomic E-state index is 12.3. The van der Waals surface area contributed by atoms with Crippen LogP contribution < -0.4 is 0 Å². The molecule has 0 aromatic heterocycles. The van der Waals surface area contributed by atoms with E-state index in [-0.39, 0.29) is 5.75 Å². The van der Waals surface area contributed by atoms with Gasteiger partial charge in [-0.1, -0.05) is 25.1 Å². The molecule has 2 rings (SSSR count). The monoisotopic (exact) mass is 296 g/mol. The molecule has 0 radical (unpaired) electrons. The molecule has 0 amide bonds. The molecule has 112 valence electrons. The fourth-order valence-electron chi connectivity index (χ4n) is 2.71. The van der Waals surface area contributed by atoms with Gasteiger partial charge in [0.05, 0.1) is 10.5 Å². The Morgan fingerprint density at radius 2 is 1.65 bits per heavy atom. The van der Waals surface area contributed by atoms with Crippen molar-refractivity contribution in [3.05, 3.63) is 29.3 Å². The molecular formula is C16H24O3S. The summed E-state index contributed by atoms with van der Waals surface area (Å²) in [6.07, 6.45) is 2.40. The third-order valence-corrected chi connectivity index (χ3v) is 7.06. The smallest absolute Gasteiger partial charge is 0.159 e. The van der Waals surface area contributed by atoms with Gasteiger partial charge in [-0.25, -0.2) is 8.42 Å². The molecule has 1 saturated carbocycles. The minimum atomic E-state index is -3.26. The van der Waals surface area contributed by atoms with Gasteiger partial charge in [0, 0.05) is 5.56 Å². The zero-order valence-electron chi connectivity index (χ0n) is 12.6. The topological polar surface area (TPSA) is 54.4 Å². The van der Waals surface area contributed by atoms with Crippen molar-refractivity contribution in [2.24, 2.45) is 5.92 Å². The van der Waals surface area contributed by atoms with E-state index in [2.05, 4.69) is 6.92 Å². The van der Waals surface area contributed by atoms with E-state index >= 15 is 0 Å². The minimum Gasteiger partial charge on any atom is -0.507 e. The Labute approximate surface area is 121 Å². The van der Waals surface area contributed by atoms with Crippen LogP contribution in [0.25, 0.3) is 0 Å². The van der Waals surface area contributed by atoms with Crippen LogP contribution in [0.2, 0.25) is 0 Å². The highest BCUT2D eigenvalue weighted by Gasteiger charge is 2.33. The normalized spacial score (nSPS) is 19.1. The largest absolute Gasteiger partial charge is 0.507 e. The van der Waals surface area contributed by atoms with Crippen LogP contribution in [0.15, 0.2) is 18.2 Å². The third-order valence-electron chi connectivity index (χ3n) is 4.51. The first-order chi connectivity index (χ1) is 9.26. The van der Waals surface area contributed by atoms with Gasteiger partial charge in [0.15, 0.2) is 9.84 Å². The molecule has 0 bridgehead atoms. The lowest BCUT2D eigenvalue weighted by Crippen LogP contribution is -2.20. The van der Waals surface area contributed by atoms with Crippen molar-refractivity contribution < 1.29 is 13.5 Å². The number of benzene rings is 1. The van der Waals surface area contributed by atoms with Crippen LogP contribution >= 0.6 is 0 Å². The number of phenols is 1. The highest BCUT2D eigenvalue weighted by Crippen LogP contribution is 2.46. The van der Waals surface area contributed by atoms with Crippen molar-refractivity contribution in [3.8, 4) is 5.75 Å². The Balaban J connectivity index is 2.40. The summed E-state index contributed by atoms with van der Waals surface area (Å²) in [5.74, 6) is 1.10. The second-order valence-electron chi connectivity index (χ2n) is 6.19. The molecule has 20 heavy (non-hydrogen) atoms. The predicted molar refractivity (Wildman–Crippen MR) is 81.7 cm³/mol. The molecule has 0 aliphatic heterocycles. The summed E-state index contributed by atoms with van der Waals surface area (Å²) in [6.45, 7) is 7.13. The summed E-state index contributed by atoms with van der Waals surface area (Å²) in [5, 5.41) is 9.37. The van der Waals surface area contributed by atoms with Gasteiger partial charge >= 0.3 is 0 Å². The average Bonchev–Trinajstić information content (AvgIpc) is 3.21. The van der Waals surface area contributed by atoms with Crippen LogP contribution in [0.4, 0.5) is 0 Å². The summed E-state index contributed by atoms with van der Waals surface area (Å²) in [6, 6.07) is 5.50. The van der Waals surface area contributed by atoms with Crippen molar-refractivity contribution >= 4 is 9.84 Å². The van der Waals surface area contributed by atoms with Gasteiger partial charge in [0.2, 0.25) is 0 Å². The first kappa shape index (κ1) is 15.4. The summed E-state index contributed by atoms with van der Waals surface area (Å²) < 4.78 is 24.6. The lowest BCUT2D eigenvalue weighted by atomic mass is 9.93. The third kappa shape index (κ3) is 2.71. The van der Waals surface area contributed by atoms with Crippen molar-refractivity contribution in [1.82, 2.24) is 0 Å². The molecule has 3 nitrogen and oxygen atoms in total. The van der Waals surface area contributed by atoms with Crippen LogP contribution in [0.3, 0.4) is 0 Å². The van der Waals surface area contributed by atoms with E-state index in [1.807, 2.05) is 12.1 Å². The number of hydrogen-bond acceptors (Lipinski definition) is 3. The van der Waals surface area contributed by atoms with Crippen LogP contribution in [-0.4, -0.2) is 18.8 Å². The standard InChI is InChI=1S/C16H24O3S/c1-10(2)20(18,19)12(4)15-7-5-6-14(16(15)17)11(3)13-8-9-13/h5-7,10-13,17H,8-9H2,1-4H3/t11-,12-/m1/s1. The number of para-hydroxylation sites is 1. The highest BCUT2D eigenvalue weighted by molar-refractivity contribution is 7.92. The number of rotatable bonds is 5. The summed E-state index contributed by atoms with van der Waals surface area (Å²) >= 11 is 0. The van der Waals surface area contributed by atoms with Crippen molar-refractivity contribution in [2.75, 3.05) is 0 Å². The van der Waals surface area contributed by atoms with E-state index in [9.17, 15) is 13.5 Å². The van der Waals surface area contributed by atoms with E-state index in [1.54, 1.807) is 26.8 Å². The van der Waals surface area contributed by atoms with Gasteiger partial charge in [0.1, 0.15) is 5.75 Å². The van der Waals surface area contributed by atoms with Crippen LogP contribution in [0.1, 0.15) is 62.8 Å². The SMILES string of the molecule is CC(C)S(=O)(=O)[C@H](C)c1cccc([C@H](C)C2CC2)c1O. The van der Waals surface area contributed by atoms with Gasteiger partial charge in [-0.3, -0.25) is 0 Å². The Morgan fingerprint density at radius 3 is 2.15 bits per heavy atom. The predicted octanol–water partition coefficient (Wildman–Crippen LogP) is 3.79. The molecule has 1 N–H and O–H groups in total. The van der Waals surface area contributed by atoms with Crippen LogP contribution in [0.5, 0.6) is 5.75 Å². The first-order valence-corrected chi connectivity index (χ1v) is 8.92. The summed E-state index contributed by atoms with van der Waals surface area (Å²) in [4.78, 5) is 0. The molecule has 1 aliphatic carbocycles. The zero-order valence-corrected chi connectivity index (χ0v) is 13.4. The fraction of sp³-hybridized carbons (Fsp3) is 0.625. The Bertz CT molecular complexity index is 586. The van der Waals surface area contributed by atoms with Crippen molar-refractivity contribution in [3.63, 3.8) is 0 Å². The number of aromatic hydroxyl groups is 1. The molecule has 1 aromatic rings. The maximum Gasteiger partial charge on any atom is 0.159 e. The number of phenolic OH excluding ortho intramolecular Hbond substituents is 1. The van der Waals surface area contributed by atoms with E-state index in [4.69, 9.17) is 0 Å². The average molecular weight is 296 g/mol. The van der Waals surface area contributed by atoms with Crippen LogP contribution in [-0.2, 0) is 9.84 Å². The molecule has 4 heteroatoms. The number of sulfone groups is 1. The van der Waals surface area contributed by atoms with Crippen LogP contribution in [0, 0.1) is 5.92 Å². The van der Waals surface area contributed by atoms with E-state index < -0.39 is 20.3 Å². The molecule has 0 heterocycles. The maximum atomic E-state index is 12.3. The highest BCUT2D eigenvalue weighted by atomic mass is 32.2. The van der Waals surface area contributed by atoms with Crippen molar-refractivity contribution in [2.45, 2.75) is 57.0 Å². The van der Waals surface area contributed by atoms with Gasteiger partial charge in [-0.2, -0.15) is 0 Å². The lowest BCUT2D eigenvalue weighted by Gasteiger charge is -2.20. The van der Waals surface area contributed by atoms with Gasteiger partial charge in [0.25, 0.3) is 0 Å². The molecule has 1 aliphatic rings. The molecule has 1 aromatic carbocycles. The Morgan fingerprint density at radius 1 is 1.10 bits per heavy atom. The molecule has 1 fully saturated rings.